The minimum atomic E-state index is -0.111. The maximum atomic E-state index is 12.6. The molecule has 1 fully saturated rings. The molecule has 1 amide bonds. The zero-order valence-corrected chi connectivity index (χ0v) is 16.3. The first-order valence-electron chi connectivity index (χ1n) is 9.88. The van der Waals surface area contributed by atoms with Crippen molar-refractivity contribution < 1.29 is 14.3 Å². The molecule has 0 aromatic heterocycles. The van der Waals surface area contributed by atoms with E-state index in [1.54, 1.807) is 14.2 Å². The number of ether oxygens (including phenoxy) is 2. The van der Waals surface area contributed by atoms with Gasteiger partial charge in [0.25, 0.3) is 0 Å². The molecule has 1 aliphatic carbocycles. The molecule has 144 valence electrons. The number of methoxy groups -OCH3 is 2. The van der Waals surface area contributed by atoms with Crippen molar-refractivity contribution in [1.29, 1.82) is 0 Å². The third kappa shape index (κ3) is 4.32. The van der Waals surface area contributed by atoms with Crippen molar-refractivity contribution >= 4 is 5.91 Å². The number of amides is 1. The first-order chi connectivity index (χ1) is 12.6. The van der Waals surface area contributed by atoms with Crippen LogP contribution in [0.25, 0.3) is 0 Å². The minimum absolute atomic E-state index is 0.111. The molecule has 0 bridgehead atoms. The molecule has 1 saturated carbocycles. The summed E-state index contributed by atoms with van der Waals surface area (Å²) in [5.41, 5.74) is 2.51. The molecule has 1 aromatic carbocycles. The lowest BCUT2D eigenvalue weighted by Gasteiger charge is -2.33. The fourth-order valence-corrected chi connectivity index (χ4v) is 4.19. The highest BCUT2D eigenvalue weighted by Gasteiger charge is 2.27. The summed E-state index contributed by atoms with van der Waals surface area (Å²) in [5, 5.41) is 3.19. The molecule has 0 spiro atoms. The molecule has 3 rings (SSSR count). The van der Waals surface area contributed by atoms with Crippen LogP contribution in [0.2, 0.25) is 0 Å². The van der Waals surface area contributed by atoms with Crippen LogP contribution in [0.3, 0.4) is 0 Å². The molecule has 0 radical (unpaired) electrons. The van der Waals surface area contributed by atoms with Gasteiger partial charge in [0.1, 0.15) is 0 Å². The fraction of sp³-hybridized carbons (Fsp3) is 0.667. The summed E-state index contributed by atoms with van der Waals surface area (Å²) in [5.74, 6) is 2.35. The second-order valence-corrected chi connectivity index (χ2v) is 7.62. The van der Waals surface area contributed by atoms with Gasteiger partial charge in [-0.25, -0.2) is 0 Å². The molecule has 1 atom stereocenters. The largest absolute Gasteiger partial charge is 0.493 e. The van der Waals surface area contributed by atoms with E-state index >= 15 is 0 Å². The van der Waals surface area contributed by atoms with E-state index in [1.165, 1.54) is 43.2 Å². The average molecular weight is 360 g/mol. The van der Waals surface area contributed by atoms with Gasteiger partial charge in [0.2, 0.25) is 5.91 Å². The molecule has 2 aliphatic rings. The van der Waals surface area contributed by atoms with Crippen LogP contribution in [-0.4, -0.2) is 44.2 Å². The SMILES string of the molecule is COc1cc2c(cc1OC)CN(C(C)C(=O)NCC1CCCCC1)CC2. The van der Waals surface area contributed by atoms with Gasteiger partial charge in [0, 0.05) is 19.6 Å². The van der Waals surface area contributed by atoms with E-state index in [-0.39, 0.29) is 11.9 Å². The van der Waals surface area contributed by atoms with Crippen molar-refractivity contribution in [2.75, 3.05) is 27.3 Å². The number of carbonyl (C=O) groups is 1. The van der Waals surface area contributed by atoms with Crippen LogP contribution in [0.15, 0.2) is 12.1 Å². The van der Waals surface area contributed by atoms with Crippen LogP contribution in [0, 0.1) is 5.92 Å². The number of benzene rings is 1. The topological polar surface area (TPSA) is 50.8 Å². The Kier molecular flexibility index (Phi) is 6.41. The number of fused-ring (bicyclic) bond motifs is 1. The quantitative estimate of drug-likeness (QED) is 0.847. The highest BCUT2D eigenvalue weighted by molar-refractivity contribution is 5.81. The third-order valence-electron chi connectivity index (χ3n) is 5.96. The number of hydrogen-bond acceptors (Lipinski definition) is 4. The first kappa shape index (κ1) is 19.0. The lowest BCUT2D eigenvalue weighted by atomic mass is 9.89. The zero-order chi connectivity index (χ0) is 18.5. The molecule has 26 heavy (non-hydrogen) atoms. The van der Waals surface area contributed by atoms with Crippen molar-refractivity contribution in [2.24, 2.45) is 5.92 Å². The Hall–Kier alpha value is -1.75. The number of carbonyl (C=O) groups excluding carboxylic acids is 1. The molecular formula is C21H32N2O3. The normalized spacial score (nSPS) is 19.5. The summed E-state index contributed by atoms with van der Waals surface area (Å²) in [6.07, 6.45) is 7.41. The molecule has 0 saturated heterocycles. The first-order valence-corrected chi connectivity index (χ1v) is 9.88. The van der Waals surface area contributed by atoms with Crippen LogP contribution in [0.5, 0.6) is 11.5 Å². The summed E-state index contributed by atoms with van der Waals surface area (Å²) in [4.78, 5) is 14.9. The van der Waals surface area contributed by atoms with Crippen molar-refractivity contribution in [3.63, 3.8) is 0 Å². The number of nitrogens with one attached hydrogen (secondary N) is 1. The predicted octanol–water partition coefficient (Wildman–Crippen LogP) is 3.15. The fourth-order valence-electron chi connectivity index (χ4n) is 4.19. The molecule has 1 heterocycles. The van der Waals surface area contributed by atoms with Gasteiger partial charge in [0.05, 0.1) is 20.3 Å². The van der Waals surface area contributed by atoms with Gasteiger partial charge in [-0.05, 0) is 55.4 Å². The minimum Gasteiger partial charge on any atom is -0.493 e. The van der Waals surface area contributed by atoms with E-state index in [4.69, 9.17) is 9.47 Å². The maximum Gasteiger partial charge on any atom is 0.237 e. The van der Waals surface area contributed by atoms with Gasteiger partial charge in [-0.1, -0.05) is 19.3 Å². The standard InChI is InChI=1S/C21H32N2O3/c1-15(21(24)22-13-16-7-5-4-6-8-16)23-10-9-17-11-19(25-2)20(26-3)12-18(17)14-23/h11-12,15-16H,4-10,13-14H2,1-3H3,(H,22,24). The van der Waals surface area contributed by atoms with Crippen LogP contribution < -0.4 is 14.8 Å². The summed E-state index contributed by atoms with van der Waals surface area (Å²) in [6.45, 7) is 4.51. The van der Waals surface area contributed by atoms with Crippen molar-refractivity contribution in [2.45, 2.75) is 58.0 Å². The second-order valence-electron chi connectivity index (χ2n) is 7.62. The zero-order valence-electron chi connectivity index (χ0n) is 16.3. The Bertz CT molecular complexity index is 626. The number of nitrogens with zero attached hydrogens (tertiary/aromatic N) is 1. The summed E-state index contributed by atoms with van der Waals surface area (Å²) < 4.78 is 10.8. The second kappa shape index (κ2) is 8.76. The lowest BCUT2D eigenvalue weighted by Crippen LogP contribution is -2.48. The van der Waals surface area contributed by atoms with Crippen LogP contribution in [-0.2, 0) is 17.8 Å². The van der Waals surface area contributed by atoms with Crippen molar-refractivity contribution in [3.05, 3.63) is 23.3 Å². The Morgan fingerprint density at radius 2 is 1.81 bits per heavy atom. The molecule has 1 aromatic rings. The molecule has 5 nitrogen and oxygen atoms in total. The smallest absolute Gasteiger partial charge is 0.237 e. The lowest BCUT2D eigenvalue weighted by molar-refractivity contribution is -0.126. The van der Waals surface area contributed by atoms with Crippen LogP contribution in [0.1, 0.15) is 50.2 Å². The van der Waals surface area contributed by atoms with Gasteiger partial charge in [0.15, 0.2) is 11.5 Å². The van der Waals surface area contributed by atoms with Gasteiger partial charge in [-0.2, -0.15) is 0 Å². The van der Waals surface area contributed by atoms with E-state index in [0.29, 0.717) is 5.92 Å². The number of hydrogen-bond donors (Lipinski definition) is 1. The van der Waals surface area contributed by atoms with Gasteiger partial charge >= 0.3 is 0 Å². The molecule has 5 heteroatoms. The monoisotopic (exact) mass is 360 g/mol. The van der Waals surface area contributed by atoms with Crippen LogP contribution >= 0.6 is 0 Å². The van der Waals surface area contributed by atoms with E-state index < -0.39 is 0 Å². The maximum absolute atomic E-state index is 12.6. The Balaban J connectivity index is 1.59. The van der Waals surface area contributed by atoms with E-state index in [0.717, 1.165) is 37.6 Å². The van der Waals surface area contributed by atoms with E-state index in [1.807, 2.05) is 13.0 Å². The molecule has 1 N–H and O–H groups in total. The summed E-state index contributed by atoms with van der Waals surface area (Å²) >= 11 is 0. The summed E-state index contributed by atoms with van der Waals surface area (Å²) in [6, 6.07) is 4.01. The average Bonchev–Trinajstić information content (AvgIpc) is 2.70. The van der Waals surface area contributed by atoms with Crippen molar-refractivity contribution in [3.8, 4) is 11.5 Å². The Morgan fingerprint density at radius 3 is 2.46 bits per heavy atom. The highest BCUT2D eigenvalue weighted by atomic mass is 16.5. The summed E-state index contributed by atoms with van der Waals surface area (Å²) in [7, 11) is 3.32. The van der Waals surface area contributed by atoms with Crippen molar-refractivity contribution in [1.82, 2.24) is 10.2 Å². The number of rotatable bonds is 6. The third-order valence-corrected chi connectivity index (χ3v) is 5.96. The van der Waals surface area contributed by atoms with E-state index in [9.17, 15) is 4.79 Å². The molecular weight excluding hydrogens is 328 g/mol. The Labute approximate surface area is 157 Å². The predicted molar refractivity (Wildman–Crippen MR) is 103 cm³/mol. The van der Waals surface area contributed by atoms with Gasteiger partial charge in [-0.15, -0.1) is 0 Å². The molecule has 1 aliphatic heterocycles. The van der Waals surface area contributed by atoms with E-state index in [2.05, 4.69) is 16.3 Å². The van der Waals surface area contributed by atoms with Gasteiger partial charge in [-0.3, -0.25) is 9.69 Å². The Morgan fingerprint density at radius 1 is 1.15 bits per heavy atom. The highest BCUT2D eigenvalue weighted by Crippen LogP contribution is 2.33. The van der Waals surface area contributed by atoms with Crippen LogP contribution in [0.4, 0.5) is 0 Å². The molecule has 1 unspecified atom stereocenters. The van der Waals surface area contributed by atoms with Gasteiger partial charge < -0.3 is 14.8 Å².